The number of aryl methyl sites for hydroxylation is 8. The Kier molecular flexibility index (Phi) is 19.6. The summed E-state index contributed by atoms with van der Waals surface area (Å²) in [5.74, 6) is 3.87. The van der Waals surface area contributed by atoms with Crippen LogP contribution < -0.4 is 50.8 Å². The zero-order chi connectivity index (χ0) is 52.0. The van der Waals surface area contributed by atoms with Gasteiger partial charge in [-0.05, 0) is 169 Å². The van der Waals surface area contributed by atoms with Gasteiger partial charge in [-0.1, -0.05) is 109 Å². The molecular weight excluding hydrogens is 979 g/mol. The van der Waals surface area contributed by atoms with Crippen LogP contribution in [0.25, 0.3) is 0 Å². The molecule has 2 atom stereocenters. The number of hydrogen-bond donors (Lipinski definition) is 0. The second kappa shape index (κ2) is 25.2. The number of rotatable bonds is 16. The molecule has 0 aliphatic rings. The first-order chi connectivity index (χ1) is 34.5. The van der Waals surface area contributed by atoms with Crippen LogP contribution >= 0.6 is 15.8 Å². The van der Waals surface area contributed by atoms with Gasteiger partial charge in [-0.15, -0.1) is 16.9 Å². The van der Waals surface area contributed by atoms with E-state index in [1.807, 2.05) is 0 Å². The van der Waals surface area contributed by atoms with E-state index in [4.69, 9.17) is 18.9 Å². The van der Waals surface area contributed by atoms with Crippen LogP contribution in [0.1, 0.15) is 78.8 Å². The molecule has 0 fully saturated rings. The van der Waals surface area contributed by atoms with Crippen LogP contribution in [-0.2, 0) is 17.1 Å². The van der Waals surface area contributed by atoms with Crippen molar-refractivity contribution < 1.29 is 36.0 Å². The monoisotopic (exact) mass is 1050 g/mol. The van der Waals surface area contributed by atoms with Gasteiger partial charge >= 0.3 is 0 Å². The smallest absolute Gasteiger partial charge is 0.124 e. The molecule has 0 radical (unpaired) electrons. The predicted molar refractivity (Wildman–Crippen MR) is 310 cm³/mol. The molecule has 0 N–H and O–H groups in total. The van der Waals surface area contributed by atoms with Gasteiger partial charge in [-0.2, -0.15) is 6.07 Å². The molecule has 8 aromatic rings. The van der Waals surface area contributed by atoms with E-state index in [1.165, 1.54) is 98.6 Å². The Hall–Kier alpha value is -5.48. The SMILES string of the molecule is COc1c(C)cc(P(c2cc(C)c(OC)c(C)c2)[c-]2[cH-][cH-][cH-][c-]2[C@H](c2ccccc2)N(C)C)cc1C.COc1c(C)cc(P(c2cc(C)c(OC)c(C)c2)[c-]2cccc2[C@H](c2ccccc2)N(C)C)cc1C.[Fe]. The van der Waals surface area contributed by atoms with E-state index in [1.54, 1.807) is 28.4 Å². The normalized spacial score (nSPS) is 12.1. The van der Waals surface area contributed by atoms with Gasteiger partial charge in [0.15, 0.2) is 0 Å². The van der Waals surface area contributed by atoms with Crippen molar-refractivity contribution >= 4 is 47.7 Å². The van der Waals surface area contributed by atoms with Crippen LogP contribution in [-0.4, -0.2) is 66.4 Å². The molecular formula is C64H74FeN2O4P2-6. The summed E-state index contributed by atoms with van der Waals surface area (Å²) in [4.78, 5) is 4.63. The standard InChI is InChI=1S/2C32H37NO2P.Fe/c2*1-21-17-26(18-22(2)31(21)34-7)36(27-19-23(3)32(35-8)24(4)20-27)29-16-12-15-28(29)30(33(5)6)25-13-10-9-11-14-25;/h2*9-20,30H,1-8H3;/q-5;-1;/t2*30-;/m00./s1. The van der Waals surface area contributed by atoms with Crippen molar-refractivity contribution in [2.24, 2.45) is 0 Å². The van der Waals surface area contributed by atoms with E-state index >= 15 is 0 Å². The molecule has 0 aliphatic heterocycles. The molecule has 6 nitrogen and oxygen atoms in total. The van der Waals surface area contributed by atoms with Crippen molar-refractivity contribution in [3.8, 4) is 23.0 Å². The molecule has 0 heterocycles. The average molecular weight is 1050 g/mol. The van der Waals surface area contributed by atoms with Crippen molar-refractivity contribution in [3.05, 3.63) is 212 Å². The van der Waals surface area contributed by atoms with Crippen LogP contribution in [0.5, 0.6) is 23.0 Å². The first-order valence-electron chi connectivity index (χ1n) is 24.7. The Balaban J connectivity index is 0.000000235. The van der Waals surface area contributed by atoms with Crippen LogP contribution in [0, 0.1) is 55.4 Å². The minimum atomic E-state index is -0.815. The molecule has 388 valence electrons. The second-order valence-electron chi connectivity index (χ2n) is 19.4. The van der Waals surface area contributed by atoms with E-state index in [0.29, 0.717) is 0 Å². The van der Waals surface area contributed by atoms with Gasteiger partial charge in [-0.25, -0.2) is 20.1 Å². The number of benzene rings is 6. The van der Waals surface area contributed by atoms with E-state index in [2.05, 4.69) is 239 Å². The molecule has 0 aliphatic carbocycles. The van der Waals surface area contributed by atoms with Crippen LogP contribution in [0.2, 0.25) is 0 Å². The van der Waals surface area contributed by atoms with Gasteiger partial charge in [0, 0.05) is 23.1 Å². The van der Waals surface area contributed by atoms with E-state index in [9.17, 15) is 0 Å². The second-order valence-corrected chi connectivity index (χ2v) is 23.8. The van der Waals surface area contributed by atoms with Gasteiger partial charge in [-0.3, -0.25) is 0 Å². The van der Waals surface area contributed by atoms with Crippen LogP contribution in [0.15, 0.2) is 146 Å². The van der Waals surface area contributed by atoms with E-state index in [-0.39, 0.29) is 29.2 Å². The molecule has 0 amide bonds. The van der Waals surface area contributed by atoms with Crippen molar-refractivity contribution in [1.82, 2.24) is 9.80 Å². The molecule has 73 heavy (non-hydrogen) atoms. The Morgan fingerprint density at radius 3 is 1.14 bits per heavy atom. The van der Waals surface area contributed by atoms with Gasteiger partial charge in [0.05, 0.1) is 28.4 Å². The topological polar surface area (TPSA) is 43.4 Å². The van der Waals surface area contributed by atoms with Gasteiger partial charge in [0.25, 0.3) is 0 Å². The molecule has 0 spiro atoms. The summed E-state index contributed by atoms with van der Waals surface area (Å²) in [5.41, 5.74) is 14.7. The first-order valence-corrected chi connectivity index (χ1v) is 27.4. The van der Waals surface area contributed by atoms with Crippen molar-refractivity contribution in [2.75, 3.05) is 56.6 Å². The Morgan fingerprint density at radius 1 is 0.438 bits per heavy atom. The zero-order valence-electron chi connectivity index (χ0n) is 45.8. The first kappa shape index (κ1) is 56.8. The average Bonchev–Trinajstić information content (AvgIpc) is 4.00. The number of methoxy groups -OCH3 is 4. The summed E-state index contributed by atoms with van der Waals surface area (Å²) in [7, 11) is 14.1. The summed E-state index contributed by atoms with van der Waals surface area (Å²) in [6, 6.07) is 54.1. The third-order valence-electron chi connectivity index (χ3n) is 13.6. The quantitative estimate of drug-likeness (QED) is 0.0546. The molecule has 0 bridgehead atoms. The molecule has 8 aromatic carbocycles. The van der Waals surface area contributed by atoms with E-state index in [0.717, 1.165) is 23.0 Å². The van der Waals surface area contributed by atoms with Gasteiger partial charge in [0.1, 0.15) is 23.0 Å². The summed E-state index contributed by atoms with van der Waals surface area (Å²) in [6.07, 6.45) is 0. The van der Waals surface area contributed by atoms with Crippen molar-refractivity contribution in [3.63, 3.8) is 0 Å². The van der Waals surface area contributed by atoms with Crippen molar-refractivity contribution in [1.29, 1.82) is 0 Å². The van der Waals surface area contributed by atoms with Crippen LogP contribution in [0.3, 0.4) is 0 Å². The Morgan fingerprint density at radius 2 is 0.795 bits per heavy atom. The maximum Gasteiger partial charge on any atom is 0.124 e. The Labute approximate surface area is 450 Å². The third kappa shape index (κ3) is 12.2. The summed E-state index contributed by atoms with van der Waals surface area (Å²) in [5, 5.41) is 8.12. The fourth-order valence-corrected chi connectivity index (χ4v) is 16.5. The summed E-state index contributed by atoms with van der Waals surface area (Å²) in [6.45, 7) is 17.2. The molecule has 0 saturated carbocycles. The van der Waals surface area contributed by atoms with Crippen LogP contribution in [0.4, 0.5) is 0 Å². The maximum absolute atomic E-state index is 5.71. The van der Waals surface area contributed by atoms with Gasteiger partial charge < -0.3 is 57.8 Å². The molecule has 0 aromatic heterocycles. The minimum Gasteiger partial charge on any atom is -0.747 e. The Bertz CT molecular complexity index is 2680. The summed E-state index contributed by atoms with van der Waals surface area (Å²) >= 11 is 0. The molecule has 0 saturated heterocycles. The fraction of sp³-hybridized carbons (Fsp3) is 0.281. The zero-order valence-corrected chi connectivity index (χ0v) is 48.7. The van der Waals surface area contributed by atoms with E-state index < -0.39 is 15.8 Å². The fourth-order valence-electron chi connectivity index (χ4n) is 10.9. The number of ether oxygens (including phenoxy) is 4. The molecule has 8 rings (SSSR count). The molecule has 9 heteroatoms. The number of hydrogen-bond acceptors (Lipinski definition) is 6. The predicted octanol–water partition coefficient (Wildman–Crippen LogP) is 12.1. The minimum absolute atomic E-state index is 0. The van der Waals surface area contributed by atoms with Gasteiger partial charge in [0.2, 0.25) is 0 Å². The third-order valence-corrected chi connectivity index (χ3v) is 18.5. The number of nitrogens with zero attached hydrogens (tertiary/aromatic N) is 2. The largest absolute Gasteiger partial charge is 0.747 e. The van der Waals surface area contributed by atoms with Crippen molar-refractivity contribution in [2.45, 2.75) is 67.5 Å². The maximum atomic E-state index is 5.71. The summed E-state index contributed by atoms with van der Waals surface area (Å²) < 4.78 is 22.8. The molecule has 0 unspecified atom stereocenters.